The van der Waals surface area contributed by atoms with Crippen molar-refractivity contribution >= 4 is 16.7 Å². The Morgan fingerprint density at radius 3 is 2.67 bits per heavy atom. The van der Waals surface area contributed by atoms with Gasteiger partial charge in [-0.3, -0.25) is 4.79 Å². The highest BCUT2D eigenvalue weighted by Crippen LogP contribution is 2.34. The third-order valence-corrected chi connectivity index (χ3v) is 5.32. The molecule has 0 amide bonds. The largest absolute Gasteiger partial charge is 0.365 e. The molecule has 0 saturated heterocycles. The van der Waals surface area contributed by atoms with E-state index < -0.39 is 23.5 Å². The molecule has 0 aliphatic heterocycles. The number of rotatable bonds is 5. The molecule has 1 saturated carbocycles. The van der Waals surface area contributed by atoms with E-state index in [0.717, 1.165) is 6.07 Å². The van der Waals surface area contributed by atoms with Crippen molar-refractivity contribution in [1.82, 2.24) is 14.5 Å². The first kappa shape index (κ1) is 20.3. The van der Waals surface area contributed by atoms with Gasteiger partial charge in [-0.15, -0.1) is 0 Å². The fraction of sp³-hybridized carbons (Fsp3) is 0.381. The Balaban J connectivity index is 1.69. The predicted molar refractivity (Wildman–Crippen MR) is 105 cm³/mol. The molecule has 4 rings (SSSR count). The molecule has 1 aliphatic rings. The molecule has 2 aromatic heterocycles. The molecular formula is C21H20F4N4O. The molecular weight excluding hydrogens is 400 g/mol. The SMILES string of the molecule is Cc1nc(NCc2cccc(C(C)(F)F)c2F)c2cn(C3CC(F)C3)c(=O)cc2n1. The lowest BCUT2D eigenvalue weighted by atomic mass is 9.90. The average molecular weight is 420 g/mol. The molecule has 1 aromatic carbocycles. The van der Waals surface area contributed by atoms with Gasteiger partial charge in [-0.25, -0.2) is 27.5 Å². The molecule has 5 nitrogen and oxygen atoms in total. The minimum Gasteiger partial charge on any atom is -0.365 e. The number of halogens is 4. The van der Waals surface area contributed by atoms with Crippen molar-refractivity contribution < 1.29 is 17.6 Å². The lowest BCUT2D eigenvalue weighted by Crippen LogP contribution is -2.34. The van der Waals surface area contributed by atoms with Crippen LogP contribution in [0.15, 0.2) is 35.3 Å². The third kappa shape index (κ3) is 3.76. The van der Waals surface area contributed by atoms with E-state index in [4.69, 9.17) is 0 Å². The van der Waals surface area contributed by atoms with Crippen molar-refractivity contribution in [1.29, 1.82) is 0 Å². The number of aromatic nitrogens is 3. The van der Waals surface area contributed by atoms with E-state index in [1.54, 1.807) is 13.1 Å². The molecule has 1 aliphatic carbocycles. The first-order valence-electron chi connectivity index (χ1n) is 9.57. The van der Waals surface area contributed by atoms with Gasteiger partial charge >= 0.3 is 0 Å². The Labute approximate surface area is 169 Å². The van der Waals surface area contributed by atoms with Crippen molar-refractivity contribution in [3.8, 4) is 0 Å². The lowest BCUT2D eigenvalue weighted by molar-refractivity contribution is 0.0136. The van der Waals surface area contributed by atoms with E-state index in [-0.39, 0.29) is 36.6 Å². The van der Waals surface area contributed by atoms with E-state index in [9.17, 15) is 22.4 Å². The van der Waals surface area contributed by atoms with Crippen LogP contribution in [0.2, 0.25) is 0 Å². The number of hydrogen-bond donors (Lipinski definition) is 1. The van der Waals surface area contributed by atoms with E-state index in [2.05, 4.69) is 15.3 Å². The summed E-state index contributed by atoms with van der Waals surface area (Å²) in [7, 11) is 0. The van der Waals surface area contributed by atoms with Crippen LogP contribution in [-0.4, -0.2) is 20.7 Å². The molecule has 1 N–H and O–H groups in total. The predicted octanol–water partition coefficient (Wildman–Crippen LogP) is 4.64. The fourth-order valence-electron chi connectivity index (χ4n) is 3.64. The molecule has 0 bridgehead atoms. The van der Waals surface area contributed by atoms with Gasteiger partial charge in [0.25, 0.3) is 11.5 Å². The smallest absolute Gasteiger partial charge is 0.273 e. The van der Waals surface area contributed by atoms with Gasteiger partial charge in [-0.1, -0.05) is 18.2 Å². The van der Waals surface area contributed by atoms with Gasteiger partial charge < -0.3 is 9.88 Å². The highest BCUT2D eigenvalue weighted by atomic mass is 19.3. The summed E-state index contributed by atoms with van der Waals surface area (Å²) in [6, 6.07) is 4.97. The molecule has 1 fully saturated rings. The Morgan fingerprint density at radius 1 is 1.27 bits per heavy atom. The number of nitrogens with one attached hydrogen (secondary N) is 1. The third-order valence-electron chi connectivity index (χ3n) is 5.32. The maximum absolute atomic E-state index is 14.5. The summed E-state index contributed by atoms with van der Waals surface area (Å²) in [5.74, 6) is -3.54. The Morgan fingerprint density at radius 2 is 2.00 bits per heavy atom. The average Bonchev–Trinajstić information content (AvgIpc) is 2.63. The summed E-state index contributed by atoms with van der Waals surface area (Å²) in [6.45, 7) is 2.20. The van der Waals surface area contributed by atoms with E-state index >= 15 is 0 Å². The van der Waals surface area contributed by atoms with Gasteiger partial charge in [0, 0.05) is 37.3 Å². The topological polar surface area (TPSA) is 59.8 Å². The van der Waals surface area contributed by atoms with Crippen molar-refractivity contribution in [2.75, 3.05) is 5.32 Å². The number of nitrogens with zero attached hydrogens (tertiary/aromatic N) is 3. The van der Waals surface area contributed by atoms with Crippen LogP contribution in [0.3, 0.4) is 0 Å². The highest BCUT2D eigenvalue weighted by Gasteiger charge is 2.31. The van der Waals surface area contributed by atoms with Crippen molar-refractivity contribution in [2.45, 2.75) is 51.4 Å². The molecule has 3 aromatic rings. The van der Waals surface area contributed by atoms with Gasteiger partial charge in [0.1, 0.15) is 23.6 Å². The van der Waals surface area contributed by atoms with Crippen LogP contribution in [0.1, 0.15) is 42.8 Å². The standard InChI is InChI=1S/C21H20F4N4O/c1-11-27-17-8-18(30)29(14-6-13(22)7-14)10-15(17)20(28-11)26-9-12-4-3-5-16(19(12)23)21(2,24)25/h3-5,8,10,13-14H,6-7,9H2,1-2H3,(H,26,27,28). The number of pyridine rings is 1. The first-order chi connectivity index (χ1) is 14.1. The van der Waals surface area contributed by atoms with Gasteiger partial charge in [0.15, 0.2) is 0 Å². The number of benzene rings is 1. The number of alkyl halides is 3. The Bertz CT molecular complexity index is 1170. The maximum Gasteiger partial charge on any atom is 0.273 e. The molecule has 0 radical (unpaired) electrons. The van der Waals surface area contributed by atoms with E-state index in [1.165, 1.54) is 22.8 Å². The highest BCUT2D eigenvalue weighted by molar-refractivity contribution is 5.88. The number of fused-ring (bicyclic) bond motifs is 1. The lowest BCUT2D eigenvalue weighted by Gasteiger charge is -2.31. The van der Waals surface area contributed by atoms with Crippen molar-refractivity contribution in [2.24, 2.45) is 0 Å². The number of hydrogen-bond acceptors (Lipinski definition) is 4. The van der Waals surface area contributed by atoms with Crippen molar-refractivity contribution in [3.05, 3.63) is 63.6 Å². The van der Waals surface area contributed by atoms with Crippen LogP contribution in [-0.2, 0) is 12.5 Å². The summed E-state index contributed by atoms with van der Waals surface area (Å²) in [5, 5.41) is 3.48. The van der Waals surface area contributed by atoms with E-state index in [0.29, 0.717) is 29.5 Å². The normalized spacial score (nSPS) is 19.0. The van der Waals surface area contributed by atoms with Crippen LogP contribution >= 0.6 is 0 Å². The summed E-state index contributed by atoms with van der Waals surface area (Å²) in [4.78, 5) is 21.0. The second-order valence-corrected chi connectivity index (χ2v) is 7.68. The molecule has 30 heavy (non-hydrogen) atoms. The zero-order chi connectivity index (χ0) is 21.6. The molecule has 9 heteroatoms. The summed E-state index contributed by atoms with van der Waals surface area (Å²) < 4.78 is 56.5. The molecule has 2 heterocycles. The molecule has 0 unspecified atom stereocenters. The van der Waals surface area contributed by atoms with E-state index in [1.807, 2.05) is 0 Å². The van der Waals surface area contributed by atoms with Crippen LogP contribution in [0, 0.1) is 12.7 Å². The molecule has 158 valence electrons. The minimum absolute atomic E-state index is 0.0611. The van der Waals surface area contributed by atoms with Gasteiger partial charge in [-0.2, -0.15) is 0 Å². The number of aryl methyl sites for hydroxylation is 1. The van der Waals surface area contributed by atoms with Gasteiger partial charge in [-0.05, 0) is 19.8 Å². The molecule has 0 atom stereocenters. The Hall–Kier alpha value is -2.97. The van der Waals surface area contributed by atoms with Crippen LogP contribution < -0.4 is 10.9 Å². The second-order valence-electron chi connectivity index (χ2n) is 7.68. The summed E-state index contributed by atoms with van der Waals surface area (Å²) >= 11 is 0. The summed E-state index contributed by atoms with van der Waals surface area (Å²) in [5.41, 5.74) is -0.500. The zero-order valence-corrected chi connectivity index (χ0v) is 16.4. The van der Waals surface area contributed by atoms with Crippen LogP contribution in [0.5, 0.6) is 0 Å². The number of anilines is 1. The Kier molecular flexibility index (Phi) is 4.99. The van der Waals surface area contributed by atoms with Gasteiger partial charge in [0.2, 0.25) is 0 Å². The maximum atomic E-state index is 14.5. The fourth-order valence-corrected chi connectivity index (χ4v) is 3.64. The minimum atomic E-state index is -3.30. The monoisotopic (exact) mass is 420 g/mol. The van der Waals surface area contributed by atoms with Crippen LogP contribution in [0.4, 0.5) is 23.4 Å². The molecule has 0 spiro atoms. The van der Waals surface area contributed by atoms with Gasteiger partial charge in [0.05, 0.1) is 16.5 Å². The van der Waals surface area contributed by atoms with Crippen LogP contribution in [0.25, 0.3) is 10.9 Å². The summed E-state index contributed by atoms with van der Waals surface area (Å²) in [6.07, 6.45) is 1.19. The second kappa shape index (κ2) is 7.37. The zero-order valence-electron chi connectivity index (χ0n) is 16.4. The quantitative estimate of drug-likeness (QED) is 0.611. The first-order valence-corrected chi connectivity index (χ1v) is 9.57. The van der Waals surface area contributed by atoms with Crippen molar-refractivity contribution in [3.63, 3.8) is 0 Å².